The molecule has 3 aromatic rings. The van der Waals surface area contributed by atoms with Crippen molar-refractivity contribution in [1.29, 1.82) is 0 Å². The van der Waals surface area contributed by atoms with Crippen LogP contribution in [0.5, 0.6) is 11.6 Å². The Bertz CT molecular complexity index is 1650. The van der Waals surface area contributed by atoms with Gasteiger partial charge in [0.2, 0.25) is 11.7 Å². The fourth-order valence-electron chi connectivity index (χ4n) is 7.00. The van der Waals surface area contributed by atoms with E-state index in [-0.39, 0.29) is 11.7 Å². The van der Waals surface area contributed by atoms with Gasteiger partial charge in [-0.3, -0.25) is 4.79 Å². The van der Waals surface area contributed by atoms with Gasteiger partial charge in [0.25, 0.3) is 0 Å². The number of hydrogen-bond donors (Lipinski definition) is 0. The van der Waals surface area contributed by atoms with Gasteiger partial charge in [-0.2, -0.15) is 0 Å². The summed E-state index contributed by atoms with van der Waals surface area (Å²) in [5.74, 6) is 1.83. The highest BCUT2D eigenvalue weighted by atomic mass is 32.2. The van der Waals surface area contributed by atoms with E-state index in [1.165, 1.54) is 4.90 Å². The molecule has 226 valence electrons. The molecule has 3 heterocycles. The normalized spacial score (nSPS) is 22.9. The molecule has 3 aliphatic rings. The van der Waals surface area contributed by atoms with Crippen LogP contribution < -0.4 is 19.9 Å². The molecule has 6 nitrogen and oxygen atoms in total. The highest BCUT2D eigenvalue weighted by Gasteiger charge is 2.51. The highest BCUT2D eigenvalue weighted by Crippen LogP contribution is 2.45. The Morgan fingerprint density at radius 1 is 1.12 bits per heavy atom. The molecule has 2 aliphatic heterocycles. The molecule has 0 radical (unpaired) electrons. The second-order valence-corrected chi connectivity index (χ2v) is 13.5. The molecule has 0 bridgehead atoms. The number of aromatic nitrogens is 1. The van der Waals surface area contributed by atoms with Crippen molar-refractivity contribution < 1.29 is 14.3 Å². The van der Waals surface area contributed by atoms with Crippen molar-refractivity contribution in [2.45, 2.75) is 76.1 Å². The second-order valence-electron chi connectivity index (χ2n) is 12.7. The quantitative estimate of drug-likeness (QED) is 0.319. The maximum Gasteiger partial charge on any atom is 0.220 e. The monoisotopic (exact) mass is 597 g/mol. The zero-order chi connectivity index (χ0) is 30.3. The van der Waals surface area contributed by atoms with Crippen molar-refractivity contribution in [2.75, 3.05) is 26.9 Å². The zero-order valence-electron chi connectivity index (χ0n) is 26.3. The molecule has 43 heavy (non-hydrogen) atoms. The first-order valence-corrected chi connectivity index (χ1v) is 16.6. The third kappa shape index (κ3) is 5.69. The van der Waals surface area contributed by atoms with E-state index in [1.54, 1.807) is 11.8 Å². The van der Waals surface area contributed by atoms with Gasteiger partial charge in [0.05, 0.1) is 5.56 Å². The Kier molecular flexibility index (Phi) is 8.31. The Labute approximate surface area is 259 Å². The molecule has 0 saturated heterocycles. The highest BCUT2D eigenvalue weighted by molar-refractivity contribution is 7.98. The SMILES string of the molecule is CSc1cc(C)nc(OCc2ccccc2)c1CN1C=c2c(C)c3c(cc2=CC1)C(=O)C(C)(C1CCC(N(C)C)CC1)O3. The minimum atomic E-state index is -0.792. The molecule has 7 heteroatoms. The summed E-state index contributed by atoms with van der Waals surface area (Å²) in [4.78, 5) is 24.5. The fraction of sp³-hybridized carbons (Fsp3) is 0.444. The fourth-order valence-corrected chi connectivity index (χ4v) is 7.68. The lowest BCUT2D eigenvalue weighted by Crippen LogP contribution is -2.47. The van der Waals surface area contributed by atoms with Crippen LogP contribution in [0, 0.1) is 19.8 Å². The van der Waals surface area contributed by atoms with Gasteiger partial charge in [-0.25, -0.2) is 4.98 Å². The van der Waals surface area contributed by atoms with Gasteiger partial charge < -0.3 is 19.3 Å². The molecule has 0 amide bonds. The summed E-state index contributed by atoms with van der Waals surface area (Å²) in [6, 6.07) is 15.0. The molecule has 1 aromatic heterocycles. The number of rotatable bonds is 8. The molecule has 2 aromatic carbocycles. The van der Waals surface area contributed by atoms with E-state index >= 15 is 0 Å². The number of fused-ring (bicyclic) bond motifs is 2. The lowest BCUT2D eigenvalue weighted by molar-refractivity contribution is 0.0181. The molecule has 1 atom stereocenters. The number of thioether (sulfide) groups is 1. The van der Waals surface area contributed by atoms with Gasteiger partial charge in [-0.05, 0) is 89.7 Å². The van der Waals surface area contributed by atoms with Crippen LogP contribution in [0.3, 0.4) is 0 Å². The van der Waals surface area contributed by atoms with Crippen molar-refractivity contribution in [2.24, 2.45) is 5.92 Å². The van der Waals surface area contributed by atoms with E-state index < -0.39 is 5.60 Å². The Balaban J connectivity index is 1.27. The summed E-state index contributed by atoms with van der Waals surface area (Å²) < 4.78 is 13.0. The first kappa shape index (κ1) is 29.8. The lowest BCUT2D eigenvalue weighted by atomic mass is 9.74. The number of Topliss-reactive ketones (excluding diaryl/α,β-unsaturated/α-hetero) is 1. The summed E-state index contributed by atoms with van der Waals surface area (Å²) in [7, 11) is 4.31. The van der Waals surface area contributed by atoms with Crippen molar-refractivity contribution in [3.05, 3.63) is 80.8 Å². The average Bonchev–Trinajstić information content (AvgIpc) is 3.28. The van der Waals surface area contributed by atoms with Crippen LogP contribution in [-0.2, 0) is 13.2 Å². The van der Waals surface area contributed by atoms with Crippen molar-refractivity contribution in [3.8, 4) is 11.6 Å². The maximum absolute atomic E-state index is 13.9. The Morgan fingerprint density at radius 3 is 2.56 bits per heavy atom. The first-order valence-electron chi connectivity index (χ1n) is 15.4. The van der Waals surface area contributed by atoms with Crippen LogP contribution in [0.4, 0.5) is 0 Å². The van der Waals surface area contributed by atoms with Gasteiger partial charge in [0.15, 0.2) is 5.60 Å². The number of ketones is 1. The minimum absolute atomic E-state index is 0.146. The standard InChI is InChI=1S/C36H43N3O3S/c1-23-18-32(43-6)31(35(37-23)41-22-25-10-8-7-9-11-25)21-39-17-16-26-19-29-33(24(2)30(26)20-39)42-36(3,34(29)40)27-12-14-28(15-13-27)38(4)5/h7-11,16,18-20,27-28H,12-15,17,21-22H2,1-6H3. The van der Waals surface area contributed by atoms with E-state index in [4.69, 9.17) is 14.5 Å². The van der Waals surface area contributed by atoms with Crippen molar-refractivity contribution in [3.63, 3.8) is 0 Å². The molecule has 1 fully saturated rings. The molecule has 1 aliphatic carbocycles. The van der Waals surface area contributed by atoms with E-state index in [2.05, 4.69) is 73.6 Å². The summed E-state index contributed by atoms with van der Waals surface area (Å²) in [6.07, 6.45) is 10.8. The zero-order valence-corrected chi connectivity index (χ0v) is 27.1. The predicted molar refractivity (Wildman–Crippen MR) is 174 cm³/mol. The van der Waals surface area contributed by atoms with Crippen LogP contribution in [0.25, 0.3) is 12.3 Å². The first-order chi connectivity index (χ1) is 20.7. The molecule has 0 spiro atoms. The molecular weight excluding hydrogens is 554 g/mol. The molecule has 1 saturated carbocycles. The summed E-state index contributed by atoms with van der Waals surface area (Å²) in [6.45, 7) is 8.03. The van der Waals surface area contributed by atoms with Gasteiger partial charge in [-0.1, -0.05) is 36.4 Å². The number of hydrogen-bond acceptors (Lipinski definition) is 7. The number of carbonyl (C=O) groups excluding carboxylic acids is 1. The van der Waals surface area contributed by atoms with Crippen LogP contribution in [0.1, 0.15) is 65.3 Å². The maximum atomic E-state index is 13.9. The summed E-state index contributed by atoms with van der Waals surface area (Å²) in [5, 5.41) is 2.23. The third-order valence-electron chi connectivity index (χ3n) is 9.65. The number of benzene rings is 2. The molecule has 6 rings (SSSR count). The topological polar surface area (TPSA) is 54.9 Å². The molecular formula is C36H43N3O3S. The van der Waals surface area contributed by atoms with E-state index in [9.17, 15) is 4.79 Å². The van der Waals surface area contributed by atoms with Crippen molar-refractivity contribution in [1.82, 2.24) is 14.8 Å². The number of aryl methyl sites for hydroxylation is 1. The molecule has 0 N–H and O–H groups in total. The van der Waals surface area contributed by atoms with Crippen molar-refractivity contribution >= 4 is 29.8 Å². The minimum Gasteiger partial charge on any atom is -0.478 e. The van der Waals surface area contributed by atoms with Crippen LogP contribution in [-0.4, -0.2) is 59.1 Å². The Hall–Kier alpha value is -3.29. The van der Waals surface area contributed by atoms with Crippen LogP contribution >= 0.6 is 11.8 Å². The van der Waals surface area contributed by atoms with Crippen LogP contribution in [0.2, 0.25) is 0 Å². The van der Waals surface area contributed by atoms with E-state index in [0.717, 1.165) is 76.4 Å². The number of nitrogens with zero attached hydrogens (tertiary/aromatic N) is 3. The second kappa shape index (κ2) is 12.0. The molecule has 1 unspecified atom stereocenters. The van der Waals surface area contributed by atoms with Gasteiger partial charge in [0, 0.05) is 58.2 Å². The summed E-state index contributed by atoms with van der Waals surface area (Å²) >= 11 is 1.72. The van der Waals surface area contributed by atoms with E-state index in [1.807, 2.05) is 32.0 Å². The lowest BCUT2D eigenvalue weighted by Gasteiger charge is -2.39. The van der Waals surface area contributed by atoms with Gasteiger partial charge >= 0.3 is 0 Å². The number of ether oxygens (including phenoxy) is 2. The van der Waals surface area contributed by atoms with Gasteiger partial charge in [0.1, 0.15) is 12.4 Å². The third-order valence-corrected chi connectivity index (χ3v) is 10.5. The number of pyridine rings is 1. The van der Waals surface area contributed by atoms with Crippen LogP contribution in [0.15, 0.2) is 47.4 Å². The smallest absolute Gasteiger partial charge is 0.220 e. The summed E-state index contributed by atoms with van der Waals surface area (Å²) in [5.41, 5.74) is 4.15. The predicted octanol–water partition coefficient (Wildman–Crippen LogP) is 5.49. The van der Waals surface area contributed by atoms with E-state index in [0.29, 0.717) is 25.1 Å². The number of carbonyl (C=O) groups is 1. The Morgan fingerprint density at radius 2 is 1.86 bits per heavy atom. The largest absolute Gasteiger partial charge is 0.478 e. The van der Waals surface area contributed by atoms with Gasteiger partial charge in [-0.15, -0.1) is 11.8 Å². The average molecular weight is 598 g/mol.